The normalized spacial score (nSPS) is 21.6. The lowest BCUT2D eigenvalue weighted by Crippen LogP contribution is -2.55. The van der Waals surface area contributed by atoms with Crippen molar-refractivity contribution in [2.45, 2.75) is 65.0 Å². The van der Waals surface area contributed by atoms with Crippen LogP contribution in [0.25, 0.3) is 0 Å². The topological polar surface area (TPSA) is 24.9 Å². The van der Waals surface area contributed by atoms with E-state index in [1.54, 1.807) is 12.1 Å². The molecule has 31 heavy (non-hydrogen) atoms. The number of halogens is 2. The molecule has 0 saturated carbocycles. The van der Waals surface area contributed by atoms with Crippen LogP contribution in [0.1, 0.15) is 63.3 Å². The summed E-state index contributed by atoms with van der Waals surface area (Å²) in [5, 5.41) is 0. The molecule has 6 heteroatoms. The Morgan fingerprint density at radius 2 is 1.74 bits per heavy atom. The second-order valence-corrected chi connectivity index (χ2v) is 9.85. The molecule has 0 aliphatic carbocycles. The molecular formula is C25H32F2N2O2. The molecule has 2 heterocycles. The number of piperazine rings is 1. The lowest BCUT2D eigenvalue weighted by atomic mass is 9.88. The summed E-state index contributed by atoms with van der Waals surface area (Å²) in [4.78, 5) is 4.99. The van der Waals surface area contributed by atoms with E-state index in [9.17, 15) is 8.78 Å². The third-order valence-electron chi connectivity index (χ3n) is 6.18. The van der Waals surface area contributed by atoms with E-state index in [0.717, 1.165) is 25.2 Å². The minimum Gasteiger partial charge on any atom is -0.395 e. The van der Waals surface area contributed by atoms with Crippen molar-refractivity contribution in [2.75, 3.05) is 19.6 Å². The molecule has 0 bridgehead atoms. The standard InChI is InChI=1S/C25H32F2N2O2/c1-17(2)19-8-6-7-9-20(19)21-16-28(12-13-29(21)24(3,4)5)15-18-10-11-22-23(14-18)31-25(26,27)30-22/h6-11,14,17,21H,12-13,15-16H2,1-5H3. The van der Waals surface area contributed by atoms with Crippen LogP contribution < -0.4 is 9.47 Å². The average molecular weight is 431 g/mol. The Balaban J connectivity index is 1.57. The van der Waals surface area contributed by atoms with E-state index in [4.69, 9.17) is 0 Å². The van der Waals surface area contributed by atoms with Gasteiger partial charge in [-0.2, -0.15) is 0 Å². The van der Waals surface area contributed by atoms with Gasteiger partial charge < -0.3 is 9.47 Å². The smallest absolute Gasteiger partial charge is 0.395 e. The number of ether oxygens (including phenoxy) is 2. The van der Waals surface area contributed by atoms with Gasteiger partial charge in [-0.3, -0.25) is 9.80 Å². The summed E-state index contributed by atoms with van der Waals surface area (Å²) in [5.74, 6) is 0.650. The molecular weight excluding hydrogens is 398 g/mol. The molecule has 2 aliphatic heterocycles. The van der Waals surface area contributed by atoms with Gasteiger partial charge in [0.05, 0.1) is 0 Å². The molecule has 0 N–H and O–H groups in total. The van der Waals surface area contributed by atoms with Gasteiger partial charge in [0, 0.05) is 37.8 Å². The molecule has 0 amide bonds. The summed E-state index contributed by atoms with van der Waals surface area (Å²) in [7, 11) is 0. The number of hydrogen-bond donors (Lipinski definition) is 0. The number of nitrogens with zero attached hydrogens (tertiary/aromatic N) is 2. The zero-order chi connectivity index (χ0) is 22.4. The molecule has 1 unspecified atom stereocenters. The SMILES string of the molecule is CC(C)c1ccccc1C1CN(Cc2ccc3c(c2)OC(F)(F)O3)CCN1C(C)(C)C. The number of hydrogen-bond acceptors (Lipinski definition) is 4. The molecule has 1 saturated heterocycles. The number of alkyl halides is 2. The van der Waals surface area contributed by atoms with E-state index in [1.807, 2.05) is 6.07 Å². The van der Waals surface area contributed by atoms with Crippen molar-refractivity contribution in [3.05, 3.63) is 59.2 Å². The highest BCUT2D eigenvalue weighted by Crippen LogP contribution is 2.42. The second kappa shape index (κ2) is 8.06. The molecule has 4 nitrogen and oxygen atoms in total. The minimum absolute atomic E-state index is 0.0468. The average Bonchev–Trinajstić information content (AvgIpc) is 3.00. The summed E-state index contributed by atoms with van der Waals surface area (Å²) in [5.41, 5.74) is 3.75. The van der Waals surface area contributed by atoms with Crippen molar-refractivity contribution in [3.63, 3.8) is 0 Å². The Morgan fingerprint density at radius 3 is 2.45 bits per heavy atom. The first-order valence-electron chi connectivity index (χ1n) is 11.0. The minimum atomic E-state index is -3.58. The Kier molecular flexibility index (Phi) is 5.73. The maximum absolute atomic E-state index is 13.4. The van der Waals surface area contributed by atoms with E-state index in [2.05, 4.69) is 78.2 Å². The Morgan fingerprint density at radius 1 is 1.03 bits per heavy atom. The molecule has 2 aliphatic rings. The number of fused-ring (bicyclic) bond motifs is 1. The van der Waals surface area contributed by atoms with Gasteiger partial charge in [0.15, 0.2) is 11.5 Å². The molecule has 2 aromatic rings. The van der Waals surface area contributed by atoms with Crippen molar-refractivity contribution in [3.8, 4) is 11.5 Å². The Hall–Kier alpha value is -2.18. The quantitative estimate of drug-likeness (QED) is 0.613. The van der Waals surface area contributed by atoms with Crippen LogP contribution in [0.15, 0.2) is 42.5 Å². The first kappa shape index (κ1) is 22.0. The number of benzene rings is 2. The van der Waals surface area contributed by atoms with Crippen LogP contribution in [-0.2, 0) is 6.54 Å². The maximum atomic E-state index is 13.4. The molecule has 168 valence electrons. The van der Waals surface area contributed by atoms with Gasteiger partial charge in [-0.05, 0) is 55.5 Å². The first-order valence-corrected chi connectivity index (χ1v) is 11.0. The maximum Gasteiger partial charge on any atom is 0.586 e. The second-order valence-electron chi connectivity index (χ2n) is 9.85. The van der Waals surface area contributed by atoms with E-state index in [-0.39, 0.29) is 23.1 Å². The van der Waals surface area contributed by atoms with Gasteiger partial charge in [-0.1, -0.05) is 44.2 Å². The highest BCUT2D eigenvalue weighted by Gasteiger charge is 2.43. The summed E-state index contributed by atoms with van der Waals surface area (Å²) in [6.45, 7) is 14.7. The fraction of sp³-hybridized carbons (Fsp3) is 0.520. The lowest BCUT2D eigenvalue weighted by molar-refractivity contribution is -0.286. The van der Waals surface area contributed by atoms with Crippen LogP contribution >= 0.6 is 0 Å². The van der Waals surface area contributed by atoms with E-state index >= 15 is 0 Å². The number of rotatable bonds is 4. The monoisotopic (exact) mass is 430 g/mol. The summed E-state index contributed by atoms with van der Waals surface area (Å²) in [6, 6.07) is 14.1. The van der Waals surface area contributed by atoms with Gasteiger partial charge in [-0.15, -0.1) is 8.78 Å². The van der Waals surface area contributed by atoms with Crippen LogP contribution in [0.2, 0.25) is 0 Å². The highest BCUT2D eigenvalue weighted by molar-refractivity contribution is 5.45. The third-order valence-corrected chi connectivity index (χ3v) is 6.18. The van der Waals surface area contributed by atoms with Crippen molar-refractivity contribution in [1.82, 2.24) is 9.80 Å². The fourth-order valence-electron chi connectivity index (χ4n) is 4.74. The third kappa shape index (κ3) is 4.70. The lowest BCUT2D eigenvalue weighted by Gasteiger charge is -2.49. The molecule has 1 fully saturated rings. The molecule has 0 spiro atoms. The van der Waals surface area contributed by atoms with E-state index in [0.29, 0.717) is 12.5 Å². The molecule has 1 atom stereocenters. The Labute approximate surface area is 183 Å². The predicted molar refractivity (Wildman–Crippen MR) is 118 cm³/mol. The highest BCUT2D eigenvalue weighted by atomic mass is 19.3. The largest absolute Gasteiger partial charge is 0.586 e. The molecule has 2 aromatic carbocycles. The molecule has 0 aromatic heterocycles. The van der Waals surface area contributed by atoms with Gasteiger partial charge in [0.25, 0.3) is 0 Å². The Bertz CT molecular complexity index is 939. The fourth-order valence-corrected chi connectivity index (χ4v) is 4.74. The zero-order valence-electron chi connectivity index (χ0n) is 19.0. The van der Waals surface area contributed by atoms with Gasteiger partial charge in [0.2, 0.25) is 0 Å². The van der Waals surface area contributed by atoms with Crippen molar-refractivity contribution in [2.24, 2.45) is 0 Å². The van der Waals surface area contributed by atoms with Crippen molar-refractivity contribution in [1.29, 1.82) is 0 Å². The van der Waals surface area contributed by atoms with Crippen LogP contribution in [0.4, 0.5) is 8.78 Å². The van der Waals surface area contributed by atoms with Gasteiger partial charge in [-0.25, -0.2) is 0 Å². The van der Waals surface area contributed by atoms with E-state index < -0.39 is 6.29 Å². The van der Waals surface area contributed by atoms with Crippen LogP contribution in [0.5, 0.6) is 11.5 Å². The zero-order valence-corrected chi connectivity index (χ0v) is 19.0. The van der Waals surface area contributed by atoms with Gasteiger partial charge >= 0.3 is 6.29 Å². The van der Waals surface area contributed by atoms with Crippen LogP contribution in [0, 0.1) is 0 Å². The predicted octanol–water partition coefficient (Wildman–Crippen LogP) is 5.79. The van der Waals surface area contributed by atoms with Crippen molar-refractivity contribution >= 4 is 0 Å². The summed E-state index contributed by atoms with van der Waals surface area (Å²) < 4.78 is 35.9. The summed E-state index contributed by atoms with van der Waals surface area (Å²) >= 11 is 0. The molecule has 4 rings (SSSR count). The molecule has 0 radical (unpaired) electrons. The summed E-state index contributed by atoms with van der Waals surface area (Å²) in [6.07, 6.45) is -3.58. The first-order chi connectivity index (χ1) is 14.5. The van der Waals surface area contributed by atoms with Gasteiger partial charge in [0.1, 0.15) is 0 Å². The van der Waals surface area contributed by atoms with Crippen LogP contribution in [0.3, 0.4) is 0 Å². The van der Waals surface area contributed by atoms with Crippen molar-refractivity contribution < 1.29 is 18.3 Å². The van der Waals surface area contributed by atoms with Crippen LogP contribution in [-0.4, -0.2) is 41.3 Å². The van der Waals surface area contributed by atoms with E-state index in [1.165, 1.54) is 11.1 Å².